The summed E-state index contributed by atoms with van der Waals surface area (Å²) in [7, 11) is 0. The Morgan fingerprint density at radius 2 is 1.75 bits per heavy atom. The molecule has 0 aliphatic carbocycles. The van der Waals surface area contributed by atoms with Crippen LogP contribution in [0.2, 0.25) is 0 Å². The molecule has 7 heteroatoms. The Hall–Kier alpha value is -2.54. The minimum absolute atomic E-state index is 0.0688. The molecule has 2 aliphatic rings. The van der Waals surface area contributed by atoms with E-state index in [0.717, 1.165) is 9.37 Å². The molecule has 0 bridgehead atoms. The van der Waals surface area contributed by atoms with Crippen molar-refractivity contribution in [3.8, 4) is 0 Å². The van der Waals surface area contributed by atoms with Gasteiger partial charge in [-0.2, -0.15) is 0 Å². The Kier molecular flexibility index (Phi) is 3.45. The Labute approximate surface area is 144 Å². The number of carbonyl (C=O) groups is 2. The van der Waals surface area contributed by atoms with Crippen molar-refractivity contribution < 1.29 is 18.8 Å². The number of hydrogen-bond acceptors (Lipinski definition) is 4. The number of halogens is 2. The number of imide groups is 1. The molecule has 2 aromatic rings. The molecule has 4 rings (SSSR count). The van der Waals surface area contributed by atoms with Gasteiger partial charge in [0.15, 0.2) is 0 Å². The average molecular weight is 389 g/mol. The van der Waals surface area contributed by atoms with E-state index in [2.05, 4.69) is 21.1 Å². The summed E-state index contributed by atoms with van der Waals surface area (Å²) in [5.41, 5.74) is 0.993. The van der Waals surface area contributed by atoms with E-state index in [4.69, 9.17) is 4.84 Å². The number of amides is 2. The predicted molar refractivity (Wildman–Crippen MR) is 87.9 cm³/mol. The second-order valence-electron chi connectivity index (χ2n) is 5.45. The minimum atomic E-state index is -1.05. The third kappa shape index (κ3) is 2.16. The monoisotopic (exact) mass is 388 g/mol. The molecular formula is C17H10BrFN2O3. The largest absolute Gasteiger partial charge is 0.381 e. The highest BCUT2D eigenvalue weighted by atomic mass is 79.9. The molecule has 2 amide bonds. The molecule has 120 valence electrons. The Bertz CT molecular complexity index is 882. The first-order chi connectivity index (χ1) is 11.6. The number of para-hydroxylation sites is 1. The van der Waals surface area contributed by atoms with Crippen molar-refractivity contribution in [1.29, 1.82) is 0 Å². The summed E-state index contributed by atoms with van der Waals surface area (Å²) in [6.45, 7) is 0. The van der Waals surface area contributed by atoms with Crippen LogP contribution in [-0.2, 0) is 14.4 Å². The van der Waals surface area contributed by atoms with Crippen molar-refractivity contribution in [1.82, 2.24) is 0 Å². The number of oxime groups is 1. The highest BCUT2D eigenvalue weighted by Crippen LogP contribution is 2.36. The molecule has 2 atom stereocenters. The summed E-state index contributed by atoms with van der Waals surface area (Å²) < 4.78 is 14.9. The maximum Gasteiger partial charge on any atom is 0.279 e. The number of rotatable bonds is 2. The fourth-order valence-electron chi connectivity index (χ4n) is 2.91. The van der Waals surface area contributed by atoms with Crippen molar-refractivity contribution in [2.24, 2.45) is 11.1 Å². The lowest BCUT2D eigenvalue weighted by molar-refractivity contribution is -0.126. The summed E-state index contributed by atoms with van der Waals surface area (Å²) in [6, 6.07) is 12.8. The van der Waals surface area contributed by atoms with Crippen LogP contribution in [0.25, 0.3) is 0 Å². The molecule has 5 nitrogen and oxygen atoms in total. The van der Waals surface area contributed by atoms with E-state index in [1.54, 1.807) is 30.3 Å². The molecule has 1 saturated heterocycles. The van der Waals surface area contributed by atoms with Crippen LogP contribution in [0.3, 0.4) is 0 Å². The zero-order valence-electron chi connectivity index (χ0n) is 12.1. The van der Waals surface area contributed by atoms with Gasteiger partial charge in [-0.05, 0) is 24.3 Å². The smallest absolute Gasteiger partial charge is 0.279 e. The van der Waals surface area contributed by atoms with Crippen LogP contribution in [-0.4, -0.2) is 23.6 Å². The first-order valence-corrected chi connectivity index (χ1v) is 7.99. The molecular weight excluding hydrogens is 379 g/mol. The van der Waals surface area contributed by atoms with Gasteiger partial charge in [-0.1, -0.05) is 45.4 Å². The van der Waals surface area contributed by atoms with Gasteiger partial charge in [0, 0.05) is 10.0 Å². The standard InChI is InChI=1S/C17H10BrFN2O3/c18-10-7-5-9(6-8-10)14-13-15(24-20-14)17(23)21(16(13)22)12-4-2-1-3-11(12)19/h1-8,13,15H/t13-,15+/m1/s1. The van der Waals surface area contributed by atoms with Gasteiger partial charge in [-0.15, -0.1) is 0 Å². The molecule has 0 saturated carbocycles. The van der Waals surface area contributed by atoms with Crippen LogP contribution in [0.1, 0.15) is 5.56 Å². The van der Waals surface area contributed by atoms with Gasteiger partial charge in [0.1, 0.15) is 17.4 Å². The third-order valence-electron chi connectivity index (χ3n) is 4.05. The first-order valence-electron chi connectivity index (χ1n) is 7.20. The maximum atomic E-state index is 14.0. The summed E-state index contributed by atoms with van der Waals surface area (Å²) in [5, 5.41) is 3.91. The lowest BCUT2D eigenvalue weighted by Gasteiger charge is -2.15. The normalized spacial score (nSPS) is 22.4. The SMILES string of the molecule is O=C1[C@@H]2C(c3ccc(Br)cc3)=NO[C@@H]2C(=O)N1c1ccccc1F. The van der Waals surface area contributed by atoms with E-state index in [1.807, 2.05) is 0 Å². The van der Waals surface area contributed by atoms with Crippen LogP contribution in [0, 0.1) is 11.7 Å². The Morgan fingerprint density at radius 3 is 2.46 bits per heavy atom. The van der Waals surface area contributed by atoms with Crippen LogP contribution < -0.4 is 4.90 Å². The van der Waals surface area contributed by atoms with E-state index in [1.165, 1.54) is 18.2 Å². The van der Waals surface area contributed by atoms with Crippen molar-refractivity contribution in [2.45, 2.75) is 6.10 Å². The van der Waals surface area contributed by atoms with E-state index < -0.39 is 29.7 Å². The van der Waals surface area contributed by atoms with Gasteiger partial charge < -0.3 is 4.84 Å². The average Bonchev–Trinajstić information content (AvgIpc) is 3.11. The summed E-state index contributed by atoms with van der Waals surface area (Å²) in [6.07, 6.45) is -1.05. The van der Waals surface area contributed by atoms with Gasteiger partial charge in [0.2, 0.25) is 12.0 Å². The van der Waals surface area contributed by atoms with Crippen molar-refractivity contribution in [3.63, 3.8) is 0 Å². The van der Waals surface area contributed by atoms with Gasteiger partial charge in [-0.25, -0.2) is 9.29 Å². The molecule has 0 aromatic heterocycles. The number of carbonyl (C=O) groups excluding carboxylic acids is 2. The molecule has 0 spiro atoms. The van der Waals surface area contributed by atoms with Crippen LogP contribution >= 0.6 is 15.9 Å². The minimum Gasteiger partial charge on any atom is -0.381 e. The zero-order valence-corrected chi connectivity index (χ0v) is 13.7. The van der Waals surface area contributed by atoms with Gasteiger partial charge in [-0.3, -0.25) is 9.59 Å². The van der Waals surface area contributed by atoms with Crippen molar-refractivity contribution >= 4 is 39.1 Å². The summed E-state index contributed by atoms with van der Waals surface area (Å²) >= 11 is 3.34. The quantitative estimate of drug-likeness (QED) is 0.743. The van der Waals surface area contributed by atoms with E-state index in [0.29, 0.717) is 11.3 Å². The van der Waals surface area contributed by atoms with Crippen LogP contribution in [0.4, 0.5) is 10.1 Å². The lowest BCUT2D eigenvalue weighted by Crippen LogP contribution is -2.33. The van der Waals surface area contributed by atoms with Crippen molar-refractivity contribution in [3.05, 3.63) is 64.4 Å². The zero-order chi connectivity index (χ0) is 16.8. The fourth-order valence-corrected chi connectivity index (χ4v) is 3.17. The molecule has 0 radical (unpaired) electrons. The molecule has 2 aromatic carbocycles. The number of benzene rings is 2. The predicted octanol–water partition coefficient (Wildman–Crippen LogP) is 2.88. The number of nitrogens with zero attached hydrogens (tertiary/aromatic N) is 2. The molecule has 2 heterocycles. The third-order valence-corrected chi connectivity index (χ3v) is 4.57. The number of hydrogen-bond donors (Lipinski definition) is 0. The topological polar surface area (TPSA) is 59.0 Å². The summed E-state index contributed by atoms with van der Waals surface area (Å²) in [4.78, 5) is 31.3. The second-order valence-corrected chi connectivity index (χ2v) is 6.37. The van der Waals surface area contributed by atoms with Crippen LogP contribution in [0.5, 0.6) is 0 Å². The Morgan fingerprint density at radius 1 is 1.04 bits per heavy atom. The Balaban J connectivity index is 1.73. The van der Waals surface area contributed by atoms with Crippen LogP contribution in [0.15, 0.2) is 58.2 Å². The summed E-state index contributed by atoms with van der Waals surface area (Å²) in [5.74, 6) is -2.64. The van der Waals surface area contributed by atoms with E-state index >= 15 is 0 Å². The lowest BCUT2D eigenvalue weighted by atomic mass is 9.94. The van der Waals surface area contributed by atoms with Gasteiger partial charge in [0.05, 0.1) is 5.69 Å². The number of anilines is 1. The van der Waals surface area contributed by atoms with Gasteiger partial charge in [0.25, 0.3) is 5.91 Å². The highest BCUT2D eigenvalue weighted by Gasteiger charge is 2.56. The van der Waals surface area contributed by atoms with E-state index in [9.17, 15) is 14.0 Å². The van der Waals surface area contributed by atoms with E-state index in [-0.39, 0.29) is 5.69 Å². The molecule has 1 fully saturated rings. The highest BCUT2D eigenvalue weighted by molar-refractivity contribution is 9.10. The number of fused-ring (bicyclic) bond motifs is 1. The fraction of sp³-hybridized carbons (Fsp3) is 0.118. The second kappa shape index (κ2) is 5.52. The molecule has 2 aliphatic heterocycles. The maximum absolute atomic E-state index is 14.0. The molecule has 24 heavy (non-hydrogen) atoms. The molecule has 0 N–H and O–H groups in total. The van der Waals surface area contributed by atoms with Crippen molar-refractivity contribution in [2.75, 3.05) is 4.90 Å². The van der Waals surface area contributed by atoms with Gasteiger partial charge >= 0.3 is 0 Å². The first kappa shape index (κ1) is 15.0. The molecule has 0 unspecified atom stereocenters.